The SMILES string of the molecule is COc1ccc(C(C)(N)CCCO)c(OC)c1C. The molecule has 0 saturated carbocycles. The lowest BCUT2D eigenvalue weighted by Gasteiger charge is -2.28. The molecule has 102 valence electrons. The minimum Gasteiger partial charge on any atom is -0.496 e. The van der Waals surface area contributed by atoms with Crippen molar-refractivity contribution in [1.29, 1.82) is 0 Å². The Morgan fingerprint density at radius 1 is 1.28 bits per heavy atom. The second-order valence-electron chi connectivity index (χ2n) is 4.72. The highest BCUT2D eigenvalue weighted by Crippen LogP contribution is 2.37. The Bertz CT molecular complexity index is 402. The maximum atomic E-state index is 8.93. The lowest BCUT2D eigenvalue weighted by Crippen LogP contribution is -2.33. The summed E-state index contributed by atoms with van der Waals surface area (Å²) >= 11 is 0. The van der Waals surface area contributed by atoms with Crippen molar-refractivity contribution >= 4 is 0 Å². The average molecular weight is 253 g/mol. The molecule has 0 bridgehead atoms. The zero-order valence-corrected chi connectivity index (χ0v) is 11.6. The van der Waals surface area contributed by atoms with E-state index in [0.717, 1.165) is 22.6 Å². The van der Waals surface area contributed by atoms with Gasteiger partial charge in [-0.25, -0.2) is 0 Å². The van der Waals surface area contributed by atoms with E-state index in [2.05, 4.69) is 0 Å². The molecule has 0 aromatic heterocycles. The number of hydrogen-bond acceptors (Lipinski definition) is 4. The molecule has 1 unspecified atom stereocenters. The third-order valence-corrected chi connectivity index (χ3v) is 3.25. The van der Waals surface area contributed by atoms with Gasteiger partial charge in [0.2, 0.25) is 0 Å². The van der Waals surface area contributed by atoms with Crippen molar-refractivity contribution in [2.45, 2.75) is 32.2 Å². The Hall–Kier alpha value is -1.26. The van der Waals surface area contributed by atoms with Crippen LogP contribution in [0.1, 0.15) is 30.9 Å². The van der Waals surface area contributed by atoms with Gasteiger partial charge in [-0.2, -0.15) is 0 Å². The molecule has 1 rings (SSSR count). The summed E-state index contributed by atoms with van der Waals surface area (Å²) in [5, 5.41) is 8.93. The third kappa shape index (κ3) is 2.94. The summed E-state index contributed by atoms with van der Waals surface area (Å²) in [7, 11) is 3.27. The molecule has 0 aliphatic heterocycles. The highest BCUT2D eigenvalue weighted by atomic mass is 16.5. The van der Waals surface area contributed by atoms with E-state index >= 15 is 0 Å². The molecular formula is C14H23NO3. The van der Waals surface area contributed by atoms with Crippen molar-refractivity contribution in [1.82, 2.24) is 0 Å². The van der Waals surface area contributed by atoms with E-state index in [4.69, 9.17) is 20.3 Å². The van der Waals surface area contributed by atoms with Crippen LogP contribution in [0.25, 0.3) is 0 Å². The first kappa shape index (κ1) is 14.8. The summed E-state index contributed by atoms with van der Waals surface area (Å²) in [6.45, 7) is 4.04. The largest absolute Gasteiger partial charge is 0.496 e. The Labute approximate surface area is 109 Å². The van der Waals surface area contributed by atoms with E-state index in [1.807, 2.05) is 26.0 Å². The molecule has 0 fully saturated rings. The van der Waals surface area contributed by atoms with Crippen LogP contribution in [0.4, 0.5) is 0 Å². The van der Waals surface area contributed by atoms with Crippen molar-refractivity contribution in [3.8, 4) is 11.5 Å². The van der Waals surface area contributed by atoms with E-state index in [1.54, 1.807) is 14.2 Å². The molecule has 0 amide bonds. The number of benzene rings is 1. The summed E-state index contributed by atoms with van der Waals surface area (Å²) in [4.78, 5) is 0. The molecule has 0 aliphatic rings. The number of aliphatic hydroxyl groups is 1. The number of nitrogens with two attached hydrogens (primary N) is 1. The zero-order valence-electron chi connectivity index (χ0n) is 11.6. The van der Waals surface area contributed by atoms with Crippen LogP contribution in [0.3, 0.4) is 0 Å². The van der Waals surface area contributed by atoms with Crippen molar-refractivity contribution in [3.05, 3.63) is 23.3 Å². The molecule has 1 atom stereocenters. The molecule has 0 aliphatic carbocycles. The second-order valence-corrected chi connectivity index (χ2v) is 4.72. The van der Waals surface area contributed by atoms with Gasteiger partial charge in [0.05, 0.1) is 14.2 Å². The summed E-state index contributed by atoms with van der Waals surface area (Å²) in [6, 6.07) is 3.83. The van der Waals surface area contributed by atoms with E-state index in [-0.39, 0.29) is 6.61 Å². The van der Waals surface area contributed by atoms with Gasteiger partial charge in [-0.1, -0.05) is 0 Å². The minimum absolute atomic E-state index is 0.143. The fraction of sp³-hybridized carbons (Fsp3) is 0.571. The van der Waals surface area contributed by atoms with E-state index in [9.17, 15) is 0 Å². The van der Waals surface area contributed by atoms with E-state index in [1.165, 1.54) is 0 Å². The van der Waals surface area contributed by atoms with Crippen LogP contribution in [0.15, 0.2) is 12.1 Å². The van der Waals surface area contributed by atoms with Crippen molar-refractivity contribution in [2.75, 3.05) is 20.8 Å². The summed E-state index contributed by atoms with van der Waals surface area (Å²) in [6.07, 6.45) is 1.37. The lowest BCUT2D eigenvalue weighted by atomic mass is 9.86. The molecule has 4 heteroatoms. The number of methoxy groups -OCH3 is 2. The van der Waals surface area contributed by atoms with Gasteiger partial charge in [-0.15, -0.1) is 0 Å². The number of aliphatic hydroxyl groups excluding tert-OH is 1. The Morgan fingerprint density at radius 3 is 2.44 bits per heavy atom. The molecule has 3 N–H and O–H groups in total. The molecule has 0 saturated heterocycles. The average Bonchev–Trinajstić information content (AvgIpc) is 2.36. The second kappa shape index (κ2) is 6.07. The monoisotopic (exact) mass is 253 g/mol. The van der Waals surface area contributed by atoms with Crippen LogP contribution in [0.5, 0.6) is 11.5 Å². The first-order chi connectivity index (χ1) is 8.47. The summed E-state index contributed by atoms with van der Waals surface area (Å²) < 4.78 is 10.7. The Kier molecular flexibility index (Phi) is 4.99. The molecule has 1 aromatic carbocycles. The predicted octanol–water partition coefficient (Wildman–Crippen LogP) is 1.96. The molecule has 0 heterocycles. The van der Waals surface area contributed by atoms with Gasteiger partial charge in [0.15, 0.2) is 0 Å². The zero-order chi connectivity index (χ0) is 13.8. The van der Waals surface area contributed by atoms with Gasteiger partial charge >= 0.3 is 0 Å². The highest BCUT2D eigenvalue weighted by Gasteiger charge is 2.26. The Morgan fingerprint density at radius 2 is 1.94 bits per heavy atom. The molecule has 0 radical (unpaired) electrons. The fourth-order valence-corrected chi connectivity index (χ4v) is 2.19. The van der Waals surface area contributed by atoms with E-state index < -0.39 is 5.54 Å². The molecule has 1 aromatic rings. The minimum atomic E-state index is -0.523. The Balaban J connectivity index is 3.19. The summed E-state index contributed by atoms with van der Waals surface area (Å²) in [5.41, 5.74) is 7.69. The molecule has 4 nitrogen and oxygen atoms in total. The van der Waals surface area contributed by atoms with Crippen LogP contribution in [-0.4, -0.2) is 25.9 Å². The van der Waals surface area contributed by atoms with Gasteiger partial charge in [-0.3, -0.25) is 0 Å². The van der Waals surface area contributed by atoms with Crippen molar-refractivity contribution < 1.29 is 14.6 Å². The predicted molar refractivity (Wildman–Crippen MR) is 72.1 cm³/mol. The van der Waals surface area contributed by atoms with Crippen LogP contribution in [0.2, 0.25) is 0 Å². The van der Waals surface area contributed by atoms with Crippen LogP contribution in [0, 0.1) is 6.92 Å². The number of hydrogen-bond donors (Lipinski definition) is 2. The van der Waals surface area contributed by atoms with Gasteiger partial charge < -0.3 is 20.3 Å². The van der Waals surface area contributed by atoms with Crippen molar-refractivity contribution in [2.24, 2.45) is 5.73 Å². The van der Waals surface area contributed by atoms with E-state index in [0.29, 0.717) is 12.8 Å². The fourth-order valence-electron chi connectivity index (χ4n) is 2.19. The van der Waals surface area contributed by atoms with Crippen LogP contribution >= 0.6 is 0 Å². The van der Waals surface area contributed by atoms with Gasteiger partial charge in [0.25, 0.3) is 0 Å². The van der Waals surface area contributed by atoms with Gasteiger partial charge in [0, 0.05) is 23.3 Å². The highest BCUT2D eigenvalue weighted by molar-refractivity contribution is 5.51. The van der Waals surface area contributed by atoms with Crippen molar-refractivity contribution in [3.63, 3.8) is 0 Å². The van der Waals surface area contributed by atoms with Crippen LogP contribution < -0.4 is 15.2 Å². The number of rotatable bonds is 6. The first-order valence-corrected chi connectivity index (χ1v) is 6.09. The standard InChI is InChI=1S/C14H23NO3/c1-10-12(17-3)7-6-11(13(10)18-4)14(2,15)8-5-9-16/h6-7,16H,5,8-9,15H2,1-4H3. The number of ether oxygens (including phenoxy) is 2. The van der Waals surface area contributed by atoms with Gasteiger partial charge in [-0.05, 0) is 38.8 Å². The van der Waals surface area contributed by atoms with Crippen LogP contribution in [-0.2, 0) is 5.54 Å². The topological polar surface area (TPSA) is 64.7 Å². The quantitative estimate of drug-likeness (QED) is 0.813. The normalized spacial score (nSPS) is 14.1. The summed E-state index contributed by atoms with van der Waals surface area (Å²) in [5.74, 6) is 1.55. The maximum Gasteiger partial charge on any atom is 0.130 e. The third-order valence-electron chi connectivity index (χ3n) is 3.25. The maximum absolute atomic E-state index is 8.93. The molecule has 18 heavy (non-hydrogen) atoms. The lowest BCUT2D eigenvalue weighted by molar-refractivity contribution is 0.263. The smallest absolute Gasteiger partial charge is 0.130 e. The first-order valence-electron chi connectivity index (χ1n) is 6.09. The molecular weight excluding hydrogens is 230 g/mol. The van der Waals surface area contributed by atoms with Gasteiger partial charge in [0.1, 0.15) is 11.5 Å². The molecule has 0 spiro atoms.